The van der Waals surface area contributed by atoms with Crippen LogP contribution in [0.25, 0.3) is 6.08 Å². The van der Waals surface area contributed by atoms with Crippen LogP contribution >= 0.6 is 0 Å². The number of nitrogens with two attached hydrogens (primary N) is 1. The second-order valence-corrected chi connectivity index (χ2v) is 13.4. The Labute approximate surface area is 246 Å². The fraction of sp³-hybridized carbons (Fsp3) is 0.733. The van der Waals surface area contributed by atoms with E-state index >= 15 is 0 Å². The van der Waals surface area contributed by atoms with Gasteiger partial charge in [0.2, 0.25) is 5.91 Å². The molecule has 1 aromatic heterocycles. The number of H-pyrrole nitrogens is 1. The topological polar surface area (TPSA) is 169 Å². The molecule has 2 amide bonds. The summed E-state index contributed by atoms with van der Waals surface area (Å²) in [4.78, 5) is 71.4. The standard InChI is InChI=1S/C30H46N6O6/c1-17-11-14-35(24(17)18(2)37)26(38)25(30(3,4)5)34-29(41)42-22-16-19-15-21(19)20(22)9-7-6-8-13-36-27(39)32-23(10-12-31)33-28(36)40/h10,12,17,19-22,24-25H,6-9,11,13-16,31H2,1-5H3,(H,34,41)(H,32,33,39,40)/t17-,19?,20-,21?,22?,24+,25-/m1/s1. The van der Waals surface area contributed by atoms with Gasteiger partial charge in [0.25, 0.3) is 0 Å². The number of carbonyl (C=O) groups excluding carboxylic acids is 3. The van der Waals surface area contributed by atoms with E-state index in [1.807, 2.05) is 27.7 Å². The van der Waals surface area contributed by atoms with E-state index in [4.69, 9.17) is 10.5 Å². The third-order valence-electron chi connectivity index (χ3n) is 9.17. The molecule has 4 N–H and O–H groups in total. The molecule has 0 bridgehead atoms. The van der Waals surface area contributed by atoms with Gasteiger partial charge >= 0.3 is 17.5 Å². The van der Waals surface area contributed by atoms with Crippen LogP contribution in [-0.4, -0.2) is 62.0 Å². The summed E-state index contributed by atoms with van der Waals surface area (Å²) in [5.74, 6) is 1.30. The quantitative estimate of drug-likeness (QED) is 0.332. The van der Waals surface area contributed by atoms with Crippen molar-refractivity contribution in [2.45, 2.75) is 104 Å². The number of ketones is 1. The molecule has 2 aliphatic carbocycles. The third kappa shape index (κ3) is 7.12. The van der Waals surface area contributed by atoms with Crippen molar-refractivity contribution >= 4 is 23.9 Å². The smallest absolute Gasteiger partial charge is 0.408 e. The Morgan fingerprint density at radius 1 is 1.19 bits per heavy atom. The number of hydrogen-bond donors (Lipinski definition) is 3. The molecule has 1 aliphatic heterocycles. The molecule has 232 valence electrons. The molecule has 0 radical (unpaired) electrons. The number of rotatable bonds is 11. The minimum absolute atomic E-state index is 0.0371. The number of likely N-dealkylation sites (tertiary alicyclic amines) is 1. The number of hydrogen-bond acceptors (Lipinski definition) is 8. The summed E-state index contributed by atoms with van der Waals surface area (Å²) >= 11 is 0. The number of unbranched alkanes of at least 4 members (excludes halogenated alkanes) is 2. The van der Waals surface area contributed by atoms with Crippen molar-refractivity contribution in [3.05, 3.63) is 33.0 Å². The van der Waals surface area contributed by atoms with Gasteiger partial charge in [-0.2, -0.15) is 4.98 Å². The van der Waals surface area contributed by atoms with Gasteiger partial charge in [0.1, 0.15) is 18.0 Å². The lowest BCUT2D eigenvalue weighted by molar-refractivity contribution is -0.141. The fourth-order valence-corrected chi connectivity index (χ4v) is 6.92. The highest BCUT2D eigenvalue weighted by atomic mass is 16.6. The summed E-state index contributed by atoms with van der Waals surface area (Å²) in [6.07, 6.45) is 7.72. The van der Waals surface area contributed by atoms with Crippen molar-refractivity contribution < 1.29 is 19.1 Å². The Morgan fingerprint density at radius 3 is 2.57 bits per heavy atom. The SMILES string of the molecule is CC(=O)[C@@H]1[C@H](C)CCN1C(=O)[C@@H](NC(=O)OC1CC2CC2[C@H]1CCCCCn1c(=O)nc(C=CN)[nH]c1=O)C(C)(C)C. The number of amides is 2. The molecule has 0 aromatic carbocycles. The zero-order valence-corrected chi connectivity index (χ0v) is 25.4. The average Bonchev–Trinajstić information content (AvgIpc) is 3.41. The Balaban J connectivity index is 1.29. The lowest BCUT2D eigenvalue weighted by Gasteiger charge is -2.36. The van der Waals surface area contributed by atoms with Crippen LogP contribution in [0.3, 0.4) is 0 Å². The molecule has 3 aliphatic rings. The van der Waals surface area contributed by atoms with Crippen molar-refractivity contribution in [1.82, 2.24) is 24.8 Å². The van der Waals surface area contributed by atoms with Gasteiger partial charge in [-0.05, 0) is 80.4 Å². The third-order valence-corrected chi connectivity index (χ3v) is 9.17. The van der Waals surface area contributed by atoms with Crippen LogP contribution in [-0.2, 0) is 20.9 Å². The summed E-state index contributed by atoms with van der Waals surface area (Å²) in [5, 5.41) is 2.86. The predicted octanol–water partition coefficient (Wildman–Crippen LogP) is 2.41. The normalized spacial score (nSPS) is 27.6. The zero-order valence-electron chi connectivity index (χ0n) is 25.4. The first-order valence-corrected chi connectivity index (χ1v) is 15.2. The van der Waals surface area contributed by atoms with Gasteiger partial charge < -0.3 is 20.7 Å². The van der Waals surface area contributed by atoms with Crippen molar-refractivity contribution in [2.24, 2.45) is 34.8 Å². The minimum Gasteiger partial charge on any atom is -0.446 e. The maximum atomic E-state index is 13.6. The van der Waals surface area contributed by atoms with Gasteiger partial charge in [0.15, 0.2) is 5.78 Å². The monoisotopic (exact) mass is 586 g/mol. The molecule has 2 heterocycles. The lowest BCUT2D eigenvalue weighted by atomic mass is 9.85. The minimum atomic E-state index is -0.812. The molecule has 42 heavy (non-hydrogen) atoms. The Hall–Kier alpha value is -3.44. The maximum absolute atomic E-state index is 13.6. The van der Waals surface area contributed by atoms with Crippen LogP contribution < -0.4 is 22.4 Å². The number of fused-ring (bicyclic) bond motifs is 1. The van der Waals surface area contributed by atoms with Gasteiger partial charge in [-0.3, -0.25) is 14.6 Å². The van der Waals surface area contributed by atoms with Crippen LogP contribution in [0.2, 0.25) is 0 Å². The van der Waals surface area contributed by atoms with Crippen molar-refractivity contribution in [3.8, 4) is 0 Å². The van der Waals surface area contributed by atoms with Gasteiger partial charge in [0, 0.05) is 13.1 Å². The molecule has 3 unspecified atom stereocenters. The summed E-state index contributed by atoms with van der Waals surface area (Å²) in [5.41, 5.74) is 3.61. The number of alkyl carbamates (subject to hydrolysis) is 1. The molecular weight excluding hydrogens is 540 g/mol. The van der Waals surface area contributed by atoms with E-state index in [1.165, 1.54) is 19.2 Å². The van der Waals surface area contributed by atoms with Crippen LogP contribution in [0, 0.1) is 29.1 Å². The summed E-state index contributed by atoms with van der Waals surface area (Å²) in [6.45, 7) is 9.96. The average molecular weight is 587 g/mol. The highest BCUT2D eigenvalue weighted by Crippen LogP contribution is 2.57. The molecular formula is C30H46N6O6. The first-order chi connectivity index (χ1) is 19.8. The first-order valence-electron chi connectivity index (χ1n) is 15.2. The summed E-state index contributed by atoms with van der Waals surface area (Å²) in [7, 11) is 0. The number of nitrogens with zero attached hydrogens (tertiary/aromatic N) is 3. The van der Waals surface area contributed by atoms with E-state index in [-0.39, 0.29) is 42.0 Å². The maximum Gasteiger partial charge on any atom is 0.408 e. The highest BCUT2D eigenvalue weighted by molar-refractivity contribution is 5.92. The number of carbonyl (C=O) groups is 3. The van der Waals surface area contributed by atoms with Gasteiger partial charge in [0.05, 0.1) is 6.04 Å². The van der Waals surface area contributed by atoms with E-state index in [1.54, 1.807) is 4.90 Å². The fourth-order valence-electron chi connectivity index (χ4n) is 6.92. The van der Waals surface area contributed by atoms with E-state index in [9.17, 15) is 24.0 Å². The Kier molecular flexibility index (Phi) is 9.62. The second-order valence-electron chi connectivity index (χ2n) is 13.4. The number of Topliss-reactive ketones (excluding diaryl/α,β-unsaturated/α-hetero) is 1. The molecule has 1 aromatic rings. The van der Waals surface area contributed by atoms with E-state index in [2.05, 4.69) is 15.3 Å². The molecule has 7 atom stereocenters. The van der Waals surface area contributed by atoms with E-state index in [0.717, 1.165) is 43.1 Å². The molecule has 1 saturated heterocycles. The van der Waals surface area contributed by atoms with Crippen molar-refractivity contribution in [3.63, 3.8) is 0 Å². The van der Waals surface area contributed by atoms with Crippen LogP contribution in [0.1, 0.15) is 85.4 Å². The number of ether oxygens (including phenoxy) is 1. The van der Waals surface area contributed by atoms with Crippen LogP contribution in [0.15, 0.2) is 15.8 Å². The van der Waals surface area contributed by atoms with Crippen molar-refractivity contribution in [2.75, 3.05) is 6.54 Å². The van der Waals surface area contributed by atoms with E-state index in [0.29, 0.717) is 24.8 Å². The molecule has 12 heteroatoms. The molecule has 2 saturated carbocycles. The Bertz CT molecular complexity index is 1280. The Morgan fingerprint density at radius 2 is 1.93 bits per heavy atom. The second kappa shape index (κ2) is 12.8. The predicted molar refractivity (Wildman–Crippen MR) is 157 cm³/mol. The summed E-state index contributed by atoms with van der Waals surface area (Å²) in [6, 6.07) is -1.28. The van der Waals surface area contributed by atoms with Gasteiger partial charge in [-0.1, -0.05) is 40.5 Å². The molecule has 3 fully saturated rings. The molecule has 4 rings (SSSR count). The van der Waals surface area contributed by atoms with Crippen LogP contribution in [0.4, 0.5) is 4.79 Å². The zero-order chi connectivity index (χ0) is 30.8. The van der Waals surface area contributed by atoms with Crippen LogP contribution in [0.5, 0.6) is 0 Å². The molecule has 0 spiro atoms. The number of nitrogens with one attached hydrogen (secondary N) is 2. The van der Waals surface area contributed by atoms with Gasteiger partial charge in [-0.25, -0.2) is 19.0 Å². The summed E-state index contributed by atoms with van der Waals surface area (Å²) < 4.78 is 7.03. The first kappa shape index (κ1) is 31.5. The number of aromatic amines is 1. The largest absolute Gasteiger partial charge is 0.446 e. The van der Waals surface area contributed by atoms with Crippen molar-refractivity contribution in [1.29, 1.82) is 0 Å². The van der Waals surface area contributed by atoms with E-state index < -0.39 is 35.0 Å². The number of aromatic nitrogens is 3. The molecule has 12 nitrogen and oxygen atoms in total. The lowest BCUT2D eigenvalue weighted by Crippen LogP contribution is -2.57. The highest BCUT2D eigenvalue weighted by Gasteiger charge is 2.54. The van der Waals surface area contributed by atoms with Gasteiger partial charge in [-0.15, -0.1) is 0 Å².